The van der Waals surface area contributed by atoms with E-state index in [0.717, 1.165) is 22.3 Å². The van der Waals surface area contributed by atoms with Gasteiger partial charge in [0.05, 0.1) is 5.56 Å². The van der Waals surface area contributed by atoms with Gasteiger partial charge in [-0.05, 0) is 47.5 Å². The van der Waals surface area contributed by atoms with Crippen molar-refractivity contribution < 1.29 is 9.21 Å². The first-order valence-electron chi connectivity index (χ1n) is 9.75. The van der Waals surface area contributed by atoms with Crippen molar-refractivity contribution in [2.24, 2.45) is 0 Å². The molecule has 5 heteroatoms. The average Bonchev–Trinajstić information content (AvgIpc) is 3.13. The quantitative estimate of drug-likeness (QED) is 0.345. The first-order valence-corrected chi connectivity index (χ1v) is 10.5. The summed E-state index contributed by atoms with van der Waals surface area (Å²) in [5.74, 6) is 0.320. The zero-order valence-electron chi connectivity index (χ0n) is 17.1. The van der Waals surface area contributed by atoms with Gasteiger partial charge in [0.2, 0.25) is 5.88 Å². The van der Waals surface area contributed by atoms with Crippen molar-refractivity contribution in [3.8, 4) is 28.5 Å². The lowest BCUT2D eigenvalue weighted by Crippen LogP contribution is -2.12. The Hall–Kier alpha value is -3.62. The van der Waals surface area contributed by atoms with E-state index in [4.69, 9.17) is 4.42 Å². The highest BCUT2D eigenvalue weighted by Gasteiger charge is 2.25. The highest BCUT2D eigenvalue weighted by Crippen LogP contribution is 2.41. The number of hydrogen-bond donors (Lipinski definition) is 1. The molecule has 0 aliphatic rings. The number of carbonyl (C=O) groups excluding carboxylic acids is 1. The Morgan fingerprint density at radius 3 is 2.06 bits per heavy atom. The standard InChI is InChI=1S/C26H19BrN2O2/c1-16-7-11-18(12-8-16)23-21(15-28)26(29-25(30)20-5-3-4-6-22(20)27)31-24(23)19-13-9-17(2)10-14-19/h3-14H,1-2H3,(H,29,30). The van der Waals surface area contributed by atoms with Gasteiger partial charge in [0.15, 0.2) is 0 Å². The van der Waals surface area contributed by atoms with Crippen LogP contribution in [0.1, 0.15) is 27.0 Å². The zero-order chi connectivity index (χ0) is 22.0. The number of furan rings is 1. The van der Waals surface area contributed by atoms with Crippen LogP contribution in [0.15, 0.2) is 81.7 Å². The summed E-state index contributed by atoms with van der Waals surface area (Å²) in [7, 11) is 0. The van der Waals surface area contributed by atoms with Gasteiger partial charge in [-0.2, -0.15) is 5.26 Å². The van der Waals surface area contributed by atoms with E-state index in [1.165, 1.54) is 0 Å². The van der Waals surface area contributed by atoms with Crippen molar-refractivity contribution in [2.75, 3.05) is 5.32 Å². The molecule has 0 spiro atoms. The molecule has 0 aliphatic carbocycles. The maximum atomic E-state index is 12.9. The summed E-state index contributed by atoms with van der Waals surface area (Å²) in [6.45, 7) is 4.02. The van der Waals surface area contributed by atoms with Crippen molar-refractivity contribution in [1.29, 1.82) is 5.26 Å². The predicted molar refractivity (Wildman–Crippen MR) is 126 cm³/mol. The van der Waals surface area contributed by atoms with Crippen LogP contribution in [0, 0.1) is 25.2 Å². The maximum Gasteiger partial charge on any atom is 0.259 e. The van der Waals surface area contributed by atoms with E-state index in [-0.39, 0.29) is 11.8 Å². The van der Waals surface area contributed by atoms with Gasteiger partial charge in [-0.15, -0.1) is 0 Å². The Balaban J connectivity index is 1.86. The minimum absolute atomic E-state index is 0.134. The smallest absolute Gasteiger partial charge is 0.259 e. The summed E-state index contributed by atoms with van der Waals surface area (Å²) in [5.41, 5.74) is 5.33. The summed E-state index contributed by atoms with van der Waals surface area (Å²) in [4.78, 5) is 12.9. The Labute approximate surface area is 189 Å². The zero-order valence-corrected chi connectivity index (χ0v) is 18.7. The summed E-state index contributed by atoms with van der Waals surface area (Å²) in [5, 5.41) is 12.8. The van der Waals surface area contributed by atoms with Gasteiger partial charge in [-0.1, -0.05) is 71.8 Å². The fourth-order valence-corrected chi connectivity index (χ4v) is 3.81. The van der Waals surface area contributed by atoms with Crippen LogP contribution in [0.4, 0.5) is 5.88 Å². The molecule has 1 aromatic heterocycles. The minimum Gasteiger partial charge on any atom is -0.438 e. The third-order valence-electron chi connectivity index (χ3n) is 5.02. The fraction of sp³-hybridized carbons (Fsp3) is 0.0769. The van der Waals surface area contributed by atoms with Gasteiger partial charge in [-0.3, -0.25) is 10.1 Å². The second-order valence-corrected chi connectivity index (χ2v) is 8.14. The highest BCUT2D eigenvalue weighted by atomic mass is 79.9. The average molecular weight is 471 g/mol. The number of hydrogen-bond acceptors (Lipinski definition) is 3. The summed E-state index contributed by atoms with van der Waals surface area (Å²) >= 11 is 3.40. The van der Waals surface area contributed by atoms with Crippen molar-refractivity contribution in [1.82, 2.24) is 0 Å². The molecule has 4 aromatic rings. The molecule has 1 amide bonds. The maximum absolute atomic E-state index is 12.9. The minimum atomic E-state index is -0.358. The first kappa shape index (κ1) is 20.6. The van der Waals surface area contributed by atoms with Crippen LogP contribution in [0.25, 0.3) is 22.5 Å². The lowest BCUT2D eigenvalue weighted by Gasteiger charge is -2.05. The van der Waals surface area contributed by atoms with Gasteiger partial charge in [0.1, 0.15) is 17.4 Å². The molecule has 0 saturated heterocycles. The molecule has 0 radical (unpaired) electrons. The number of nitriles is 1. The molecule has 1 N–H and O–H groups in total. The van der Waals surface area contributed by atoms with Crippen LogP contribution in [0.3, 0.4) is 0 Å². The molecule has 152 valence electrons. The highest BCUT2D eigenvalue weighted by molar-refractivity contribution is 9.10. The Morgan fingerprint density at radius 1 is 0.903 bits per heavy atom. The van der Waals surface area contributed by atoms with E-state index in [0.29, 0.717) is 26.9 Å². The number of aryl methyl sites for hydroxylation is 2. The van der Waals surface area contributed by atoms with Gasteiger partial charge in [-0.25, -0.2) is 0 Å². The van der Waals surface area contributed by atoms with E-state index < -0.39 is 0 Å². The summed E-state index contributed by atoms with van der Waals surface area (Å²) in [6.07, 6.45) is 0. The Bertz CT molecular complexity index is 1300. The van der Waals surface area contributed by atoms with Crippen LogP contribution >= 0.6 is 15.9 Å². The van der Waals surface area contributed by atoms with Crippen molar-refractivity contribution in [3.63, 3.8) is 0 Å². The number of nitrogens with zero attached hydrogens (tertiary/aromatic N) is 1. The topological polar surface area (TPSA) is 66.0 Å². The molecule has 0 bridgehead atoms. The Kier molecular flexibility index (Phi) is 5.75. The molecular weight excluding hydrogens is 452 g/mol. The molecule has 0 fully saturated rings. The fourth-order valence-electron chi connectivity index (χ4n) is 3.35. The summed E-state index contributed by atoms with van der Waals surface area (Å²) < 4.78 is 6.77. The lowest BCUT2D eigenvalue weighted by atomic mass is 9.97. The second kappa shape index (κ2) is 8.63. The molecule has 0 unspecified atom stereocenters. The number of rotatable bonds is 4. The van der Waals surface area contributed by atoms with Gasteiger partial charge in [0, 0.05) is 15.6 Å². The van der Waals surface area contributed by atoms with Crippen molar-refractivity contribution in [2.45, 2.75) is 13.8 Å². The molecule has 4 rings (SSSR count). The van der Waals surface area contributed by atoms with Crippen molar-refractivity contribution in [3.05, 3.63) is 99.5 Å². The molecule has 0 atom stereocenters. The van der Waals surface area contributed by atoms with Crippen LogP contribution in [-0.2, 0) is 0 Å². The third-order valence-corrected chi connectivity index (χ3v) is 5.71. The van der Waals surface area contributed by atoms with E-state index >= 15 is 0 Å². The lowest BCUT2D eigenvalue weighted by molar-refractivity contribution is 0.102. The van der Waals surface area contributed by atoms with E-state index in [9.17, 15) is 10.1 Å². The second-order valence-electron chi connectivity index (χ2n) is 7.29. The predicted octanol–water partition coefficient (Wildman–Crippen LogP) is 7.12. The molecule has 31 heavy (non-hydrogen) atoms. The van der Waals surface area contributed by atoms with E-state index in [1.807, 2.05) is 68.4 Å². The van der Waals surface area contributed by atoms with E-state index in [2.05, 4.69) is 27.3 Å². The van der Waals surface area contributed by atoms with Crippen LogP contribution in [0.5, 0.6) is 0 Å². The summed E-state index contributed by atoms with van der Waals surface area (Å²) in [6, 6.07) is 25.1. The number of carbonyl (C=O) groups is 1. The molecule has 4 nitrogen and oxygen atoms in total. The number of benzene rings is 3. The third kappa shape index (κ3) is 4.16. The molecular formula is C26H19BrN2O2. The molecule has 0 saturated carbocycles. The number of nitrogens with one attached hydrogen (secondary N) is 1. The normalized spacial score (nSPS) is 10.5. The largest absolute Gasteiger partial charge is 0.438 e. The van der Waals surface area contributed by atoms with Crippen LogP contribution in [-0.4, -0.2) is 5.91 Å². The molecule has 3 aromatic carbocycles. The Morgan fingerprint density at radius 2 is 1.48 bits per heavy atom. The molecule has 0 aliphatic heterocycles. The van der Waals surface area contributed by atoms with E-state index in [1.54, 1.807) is 18.2 Å². The van der Waals surface area contributed by atoms with Gasteiger partial charge in [0.25, 0.3) is 5.91 Å². The monoisotopic (exact) mass is 470 g/mol. The molecule has 1 heterocycles. The first-order chi connectivity index (χ1) is 15.0. The van der Waals surface area contributed by atoms with Gasteiger partial charge < -0.3 is 4.42 Å². The number of amides is 1. The number of anilines is 1. The SMILES string of the molecule is Cc1ccc(-c2oc(NC(=O)c3ccccc3Br)c(C#N)c2-c2ccc(C)cc2)cc1. The van der Waals surface area contributed by atoms with Gasteiger partial charge >= 0.3 is 0 Å². The van der Waals surface area contributed by atoms with Crippen molar-refractivity contribution >= 4 is 27.7 Å². The van der Waals surface area contributed by atoms with Crippen LogP contribution in [0.2, 0.25) is 0 Å². The van der Waals surface area contributed by atoms with Crippen LogP contribution < -0.4 is 5.32 Å². The number of halogens is 1.